The van der Waals surface area contributed by atoms with Gasteiger partial charge >= 0.3 is 5.97 Å². The van der Waals surface area contributed by atoms with Crippen LogP contribution in [0.4, 0.5) is 11.5 Å². The molecule has 1 fully saturated rings. The zero-order valence-electron chi connectivity index (χ0n) is 16.7. The molecule has 0 N–H and O–H groups in total. The number of carbonyl (C=O) groups excluding carboxylic acids is 1. The molecule has 2 aromatic heterocycles. The molecule has 9 nitrogen and oxygen atoms in total. The van der Waals surface area contributed by atoms with Crippen molar-refractivity contribution in [1.82, 2.24) is 15.1 Å². The first-order chi connectivity index (χ1) is 14.1. The van der Waals surface area contributed by atoms with Crippen molar-refractivity contribution in [2.24, 2.45) is 0 Å². The lowest BCUT2D eigenvalue weighted by Gasteiger charge is -2.37. The number of anilines is 2. The van der Waals surface area contributed by atoms with E-state index in [4.69, 9.17) is 14.0 Å². The maximum atomic E-state index is 12.2. The fourth-order valence-corrected chi connectivity index (χ4v) is 3.53. The Morgan fingerprint density at radius 2 is 1.86 bits per heavy atom. The Hall–Kier alpha value is -3.36. The van der Waals surface area contributed by atoms with Crippen LogP contribution in [0.15, 0.2) is 28.8 Å². The molecule has 1 saturated heterocycles. The Labute approximate surface area is 168 Å². The molecule has 152 valence electrons. The monoisotopic (exact) mass is 397 g/mol. The van der Waals surface area contributed by atoms with E-state index in [2.05, 4.69) is 31.0 Å². The lowest BCUT2D eigenvalue weighted by Crippen LogP contribution is -2.47. The van der Waals surface area contributed by atoms with Crippen molar-refractivity contribution in [3.8, 4) is 5.75 Å². The van der Waals surface area contributed by atoms with E-state index >= 15 is 0 Å². The smallest absolute Gasteiger partial charge is 0.376 e. The molecule has 4 rings (SSSR count). The van der Waals surface area contributed by atoms with Gasteiger partial charge in [0.15, 0.2) is 0 Å². The molecule has 3 heterocycles. The molecule has 0 radical (unpaired) electrons. The molecular weight excluding hydrogens is 374 g/mol. The van der Waals surface area contributed by atoms with Gasteiger partial charge in [-0.15, -0.1) is 0 Å². The number of nitrogens with zero attached hydrogens (tertiary/aromatic N) is 5. The molecule has 0 bridgehead atoms. The number of aromatic nitrogens is 3. The molecule has 0 atom stereocenters. The fraction of sp³-hybridized carbons (Fsp3) is 0.400. The van der Waals surface area contributed by atoms with Crippen LogP contribution in [0.1, 0.15) is 23.2 Å². The van der Waals surface area contributed by atoms with Gasteiger partial charge in [0.05, 0.1) is 25.1 Å². The van der Waals surface area contributed by atoms with Crippen molar-refractivity contribution in [1.29, 1.82) is 0 Å². The highest BCUT2D eigenvalue weighted by Crippen LogP contribution is 2.31. The Morgan fingerprint density at radius 3 is 2.59 bits per heavy atom. The molecule has 0 saturated carbocycles. The molecule has 0 amide bonds. The standard InChI is InChI=1S/C20H23N5O4/c1-4-28-20(26)17-21-18(16-13(2)23-29-19(16)22-17)25-11-9-24(10-12-25)14-7-5-6-8-15(14)27-3/h5-8H,4,9-12H2,1-3H3. The molecule has 0 spiro atoms. The van der Waals surface area contributed by atoms with Gasteiger partial charge in [-0.25, -0.2) is 9.78 Å². The summed E-state index contributed by atoms with van der Waals surface area (Å²) in [5.74, 6) is 0.913. The van der Waals surface area contributed by atoms with Gasteiger partial charge in [0.25, 0.3) is 5.71 Å². The van der Waals surface area contributed by atoms with Crippen molar-refractivity contribution in [2.75, 3.05) is 49.7 Å². The summed E-state index contributed by atoms with van der Waals surface area (Å²) >= 11 is 0. The number of aryl methyl sites for hydroxylation is 1. The summed E-state index contributed by atoms with van der Waals surface area (Å²) < 4.78 is 15.9. The Kier molecular flexibility index (Phi) is 5.20. The molecule has 1 aliphatic heterocycles. The van der Waals surface area contributed by atoms with Gasteiger partial charge in [-0.3, -0.25) is 0 Å². The van der Waals surface area contributed by atoms with Gasteiger partial charge in [-0.1, -0.05) is 17.3 Å². The van der Waals surface area contributed by atoms with E-state index in [-0.39, 0.29) is 12.4 Å². The quantitative estimate of drug-likeness (QED) is 0.602. The van der Waals surface area contributed by atoms with Crippen LogP contribution in [0, 0.1) is 6.92 Å². The number of methoxy groups -OCH3 is 1. The second-order valence-corrected chi connectivity index (χ2v) is 6.69. The lowest BCUT2D eigenvalue weighted by molar-refractivity contribution is 0.0512. The number of benzene rings is 1. The van der Waals surface area contributed by atoms with E-state index < -0.39 is 5.97 Å². The second kappa shape index (κ2) is 7.94. The summed E-state index contributed by atoms with van der Waals surface area (Å²) in [7, 11) is 1.68. The second-order valence-electron chi connectivity index (χ2n) is 6.69. The number of para-hydroxylation sites is 2. The number of carbonyl (C=O) groups is 1. The molecule has 1 aliphatic rings. The third-order valence-corrected chi connectivity index (χ3v) is 4.95. The highest BCUT2D eigenvalue weighted by molar-refractivity contribution is 5.93. The average Bonchev–Trinajstić information content (AvgIpc) is 3.14. The van der Waals surface area contributed by atoms with Gasteiger partial charge in [0, 0.05) is 26.2 Å². The molecule has 29 heavy (non-hydrogen) atoms. The number of ether oxygens (including phenoxy) is 2. The molecule has 1 aromatic carbocycles. The average molecular weight is 397 g/mol. The molecular formula is C20H23N5O4. The number of rotatable bonds is 5. The van der Waals surface area contributed by atoms with E-state index in [0.29, 0.717) is 17.2 Å². The molecule has 0 unspecified atom stereocenters. The van der Waals surface area contributed by atoms with Gasteiger partial charge in [-0.2, -0.15) is 4.98 Å². The summed E-state index contributed by atoms with van der Waals surface area (Å²) in [6.07, 6.45) is 0. The zero-order chi connectivity index (χ0) is 20.4. The summed E-state index contributed by atoms with van der Waals surface area (Å²) in [4.78, 5) is 25.3. The SMILES string of the molecule is CCOC(=O)c1nc(N2CCN(c3ccccc3OC)CC2)c2c(C)noc2n1. The van der Waals surface area contributed by atoms with Crippen LogP contribution in [-0.4, -0.2) is 61.0 Å². The maximum absolute atomic E-state index is 12.2. The topological polar surface area (TPSA) is 93.8 Å². The number of fused-ring (bicyclic) bond motifs is 1. The first-order valence-electron chi connectivity index (χ1n) is 9.56. The summed E-state index contributed by atoms with van der Waals surface area (Å²) in [6.45, 7) is 6.84. The Bertz CT molecular complexity index is 1030. The summed E-state index contributed by atoms with van der Waals surface area (Å²) in [5.41, 5.74) is 2.05. The highest BCUT2D eigenvalue weighted by atomic mass is 16.5. The number of hydrogen-bond donors (Lipinski definition) is 0. The zero-order valence-corrected chi connectivity index (χ0v) is 16.7. The first-order valence-corrected chi connectivity index (χ1v) is 9.56. The fourth-order valence-electron chi connectivity index (χ4n) is 3.53. The number of esters is 1. The van der Waals surface area contributed by atoms with E-state index in [1.165, 1.54) is 0 Å². The van der Waals surface area contributed by atoms with Crippen molar-refractivity contribution < 1.29 is 18.8 Å². The Balaban J connectivity index is 1.62. The van der Waals surface area contributed by atoms with Crippen molar-refractivity contribution in [2.45, 2.75) is 13.8 Å². The van der Waals surface area contributed by atoms with Crippen LogP contribution < -0.4 is 14.5 Å². The van der Waals surface area contributed by atoms with E-state index in [1.54, 1.807) is 14.0 Å². The van der Waals surface area contributed by atoms with E-state index in [0.717, 1.165) is 43.0 Å². The van der Waals surface area contributed by atoms with Crippen LogP contribution >= 0.6 is 0 Å². The van der Waals surface area contributed by atoms with Gasteiger partial charge in [0.1, 0.15) is 17.0 Å². The van der Waals surface area contributed by atoms with Crippen LogP contribution in [0.2, 0.25) is 0 Å². The third-order valence-electron chi connectivity index (χ3n) is 4.95. The van der Waals surface area contributed by atoms with Crippen LogP contribution in [0.25, 0.3) is 11.1 Å². The molecule has 9 heteroatoms. The minimum atomic E-state index is -0.572. The maximum Gasteiger partial charge on any atom is 0.376 e. The number of hydrogen-bond acceptors (Lipinski definition) is 9. The molecule has 3 aromatic rings. The van der Waals surface area contributed by atoms with Crippen LogP contribution in [0.5, 0.6) is 5.75 Å². The van der Waals surface area contributed by atoms with E-state index in [9.17, 15) is 4.79 Å². The van der Waals surface area contributed by atoms with Gasteiger partial charge in [-0.05, 0) is 26.0 Å². The van der Waals surface area contributed by atoms with Crippen LogP contribution in [0.3, 0.4) is 0 Å². The summed E-state index contributed by atoms with van der Waals surface area (Å²) in [6, 6.07) is 7.98. The minimum Gasteiger partial charge on any atom is -0.495 e. The first kappa shape index (κ1) is 19.0. The van der Waals surface area contributed by atoms with Crippen molar-refractivity contribution in [3.63, 3.8) is 0 Å². The highest BCUT2D eigenvalue weighted by Gasteiger charge is 2.26. The Morgan fingerprint density at radius 1 is 1.14 bits per heavy atom. The molecule has 0 aliphatic carbocycles. The number of piperazine rings is 1. The van der Waals surface area contributed by atoms with E-state index in [1.807, 2.05) is 25.1 Å². The third kappa shape index (κ3) is 3.55. The van der Waals surface area contributed by atoms with Gasteiger partial charge < -0.3 is 23.8 Å². The largest absolute Gasteiger partial charge is 0.495 e. The normalized spacial score (nSPS) is 14.3. The summed E-state index contributed by atoms with van der Waals surface area (Å²) in [5, 5.41) is 4.73. The van der Waals surface area contributed by atoms with Crippen molar-refractivity contribution >= 4 is 28.6 Å². The lowest BCUT2D eigenvalue weighted by atomic mass is 10.2. The predicted molar refractivity (Wildman–Crippen MR) is 108 cm³/mol. The van der Waals surface area contributed by atoms with Crippen molar-refractivity contribution in [3.05, 3.63) is 35.8 Å². The van der Waals surface area contributed by atoms with Gasteiger partial charge in [0.2, 0.25) is 5.82 Å². The predicted octanol–water partition coefficient (Wildman–Crippen LogP) is 2.44. The van der Waals surface area contributed by atoms with Crippen LogP contribution in [-0.2, 0) is 4.74 Å². The minimum absolute atomic E-state index is 0.0161.